The molecule has 0 radical (unpaired) electrons. The lowest BCUT2D eigenvalue weighted by atomic mass is 10.0. The van der Waals surface area contributed by atoms with E-state index >= 15 is 0 Å². The van der Waals surface area contributed by atoms with Gasteiger partial charge in [-0.05, 0) is 45.0 Å². The number of aromatic amines is 1. The first-order chi connectivity index (χ1) is 10.5. The maximum Gasteiger partial charge on any atom is 0.220 e. The van der Waals surface area contributed by atoms with E-state index in [1.54, 1.807) is 0 Å². The highest BCUT2D eigenvalue weighted by molar-refractivity contribution is 7.71. The Morgan fingerprint density at radius 1 is 1.27 bits per heavy atom. The van der Waals surface area contributed by atoms with Gasteiger partial charge < -0.3 is 9.88 Å². The minimum Gasteiger partial charge on any atom is -0.354 e. The molecule has 0 aliphatic heterocycles. The Morgan fingerprint density at radius 2 is 1.95 bits per heavy atom. The molecule has 0 fully saturated rings. The molecule has 1 aromatic heterocycles. The second kappa shape index (κ2) is 7.35. The third kappa shape index (κ3) is 4.53. The van der Waals surface area contributed by atoms with Gasteiger partial charge in [-0.2, -0.15) is 5.10 Å². The highest BCUT2D eigenvalue weighted by Crippen LogP contribution is 2.10. The number of rotatable bonds is 6. The maximum absolute atomic E-state index is 11.9. The fourth-order valence-electron chi connectivity index (χ4n) is 2.53. The Labute approximate surface area is 135 Å². The molecule has 118 valence electrons. The number of nitrogens with zero attached hydrogens (tertiary/aromatic N) is 2. The van der Waals surface area contributed by atoms with Crippen LogP contribution < -0.4 is 5.32 Å². The van der Waals surface area contributed by atoms with Crippen LogP contribution in [-0.4, -0.2) is 27.2 Å². The summed E-state index contributed by atoms with van der Waals surface area (Å²) in [6.45, 7) is 7.23. The van der Waals surface area contributed by atoms with E-state index in [0.29, 0.717) is 24.3 Å². The summed E-state index contributed by atoms with van der Waals surface area (Å²) >= 11 is 5.12. The third-order valence-corrected chi connectivity index (χ3v) is 3.84. The summed E-state index contributed by atoms with van der Waals surface area (Å²) in [5.74, 6) is 0.890. The molecule has 1 heterocycles. The fraction of sp³-hybridized carbons (Fsp3) is 0.438. The van der Waals surface area contributed by atoms with Gasteiger partial charge in [0.05, 0.1) is 0 Å². The van der Waals surface area contributed by atoms with Crippen LogP contribution in [0.15, 0.2) is 18.2 Å². The van der Waals surface area contributed by atoms with Gasteiger partial charge in [0.15, 0.2) is 4.77 Å². The zero-order valence-electron chi connectivity index (χ0n) is 13.3. The molecule has 0 aliphatic rings. The van der Waals surface area contributed by atoms with Crippen molar-refractivity contribution in [3.8, 4) is 0 Å². The SMILES string of the molecule is Cc1cc(C)cc(CCC(=O)NCCn2c(C)n[nH]c2=S)c1. The Balaban J connectivity index is 1.77. The first-order valence-electron chi connectivity index (χ1n) is 7.41. The molecule has 5 nitrogen and oxygen atoms in total. The smallest absolute Gasteiger partial charge is 0.220 e. The summed E-state index contributed by atoms with van der Waals surface area (Å²) in [6.07, 6.45) is 1.26. The lowest BCUT2D eigenvalue weighted by Crippen LogP contribution is -2.27. The molecule has 0 saturated carbocycles. The van der Waals surface area contributed by atoms with E-state index in [9.17, 15) is 4.79 Å². The molecule has 1 aromatic carbocycles. The number of aryl methyl sites for hydroxylation is 4. The van der Waals surface area contributed by atoms with Crippen LogP contribution in [-0.2, 0) is 17.8 Å². The van der Waals surface area contributed by atoms with Gasteiger partial charge in [0.2, 0.25) is 5.91 Å². The zero-order valence-corrected chi connectivity index (χ0v) is 14.1. The Kier molecular flexibility index (Phi) is 5.49. The molecule has 0 aliphatic carbocycles. The molecule has 22 heavy (non-hydrogen) atoms. The van der Waals surface area contributed by atoms with Gasteiger partial charge in [0.1, 0.15) is 5.82 Å². The van der Waals surface area contributed by atoms with Crippen molar-refractivity contribution in [2.24, 2.45) is 0 Å². The van der Waals surface area contributed by atoms with Crippen LogP contribution in [0.5, 0.6) is 0 Å². The predicted molar refractivity (Wildman–Crippen MR) is 89.4 cm³/mol. The van der Waals surface area contributed by atoms with E-state index in [1.165, 1.54) is 16.7 Å². The molecule has 0 saturated heterocycles. The number of carbonyl (C=O) groups is 1. The highest BCUT2D eigenvalue weighted by Gasteiger charge is 2.05. The van der Waals surface area contributed by atoms with E-state index in [4.69, 9.17) is 12.2 Å². The van der Waals surface area contributed by atoms with Gasteiger partial charge in [-0.25, -0.2) is 0 Å². The number of carbonyl (C=O) groups excluding carboxylic acids is 1. The number of hydrogen-bond acceptors (Lipinski definition) is 3. The summed E-state index contributed by atoms with van der Waals surface area (Å²) in [6, 6.07) is 6.41. The Bertz CT molecular complexity index is 697. The summed E-state index contributed by atoms with van der Waals surface area (Å²) in [4.78, 5) is 11.9. The normalized spacial score (nSPS) is 10.7. The van der Waals surface area contributed by atoms with Crippen LogP contribution in [0.2, 0.25) is 0 Å². The van der Waals surface area contributed by atoms with E-state index in [-0.39, 0.29) is 5.91 Å². The first kappa shape index (κ1) is 16.4. The molecule has 1 amide bonds. The summed E-state index contributed by atoms with van der Waals surface area (Å²) in [5, 5.41) is 9.70. The van der Waals surface area contributed by atoms with Crippen molar-refractivity contribution in [2.45, 2.75) is 40.2 Å². The van der Waals surface area contributed by atoms with Crippen LogP contribution in [0.1, 0.15) is 28.9 Å². The molecule has 0 spiro atoms. The Hall–Kier alpha value is -1.95. The molecule has 2 rings (SSSR count). The summed E-state index contributed by atoms with van der Waals surface area (Å²) in [7, 11) is 0. The summed E-state index contributed by atoms with van der Waals surface area (Å²) < 4.78 is 2.46. The van der Waals surface area contributed by atoms with Crippen molar-refractivity contribution in [3.63, 3.8) is 0 Å². The van der Waals surface area contributed by atoms with E-state index in [0.717, 1.165) is 12.2 Å². The standard InChI is InChI=1S/C16H22N4OS/c1-11-8-12(2)10-14(9-11)4-5-15(21)17-6-7-20-13(3)18-19-16(20)22/h8-10H,4-7H2,1-3H3,(H,17,21)(H,19,22). The predicted octanol–water partition coefficient (Wildman–Crippen LogP) is 2.61. The maximum atomic E-state index is 11.9. The number of H-pyrrole nitrogens is 1. The minimum atomic E-state index is 0.0619. The van der Waals surface area contributed by atoms with Crippen molar-refractivity contribution in [1.29, 1.82) is 0 Å². The van der Waals surface area contributed by atoms with Gasteiger partial charge in [0, 0.05) is 19.5 Å². The number of hydrogen-bond donors (Lipinski definition) is 2. The average Bonchev–Trinajstić information content (AvgIpc) is 2.76. The molecule has 6 heteroatoms. The molecule has 0 bridgehead atoms. The van der Waals surface area contributed by atoms with Crippen molar-refractivity contribution in [3.05, 3.63) is 45.5 Å². The van der Waals surface area contributed by atoms with Crippen LogP contribution in [0.3, 0.4) is 0 Å². The van der Waals surface area contributed by atoms with E-state index < -0.39 is 0 Å². The van der Waals surface area contributed by atoms with Crippen molar-refractivity contribution in [1.82, 2.24) is 20.1 Å². The molecular formula is C16H22N4OS. The number of nitrogens with one attached hydrogen (secondary N) is 2. The van der Waals surface area contributed by atoms with Crippen LogP contribution in [0.25, 0.3) is 0 Å². The topological polar surface area (TPSA) is 62.7 Å². The number of amides is 1. The van der Waals surface area contributed by atoms with Gasteiger partial charge in [-0.1, -0.05) is 29.3 Å². The van der Waals surface area contributed by atoms with E-state index in [2.05, 4.69) is 47.6 Å². The lowest BCUT2D eigenvalue weighted by Gasteiger charge is -2.08. The van der Waals surface area contributed by atoms with Crippen molar-refractivity contribution >= 4 is 18.1 Å². The number of aromatic nitrogens is 3. The quantitative estimate of drug-likeness (QED) is 0.805. The second-order valence-electron chi connectivity index (χ2n) is 5.57. The third-order valence-electron chi connectivity index (χ3n) is 3.53. The fourth-order valence-corrected chi connectivity index (χ4v) is 2.80. The molecule has 0 atom stereocenters. The second-order valence-corrected chi connectivity index (χ2v) is 5.96. The monoisotopic (exact) mass is 318 g/mol. The van der Waals surface area contributed by atoms with Crippen LogP contribution >= 0.6 is 12.2 Å². The van der Waals surface area contributed by atoms with Crippen LogP contribution in [0, 0.1) is 25.5 Å². The Morgan fingerprint density at radius 3 is 2.55 bits per heavy atom. The molecule has 2 aromatic rings. The summed E-state index contributed by atoms with van der Waals surface area (Å²) in [5.41, 5.74) is 3.68. The van der Waals surface area contributed by atoms with Crippen LogP contribution in [0.4, 0.5) is 0 Å². The molecule has 2 N–H and O–H groups in total. The van der Waals surface area contributed by atoms with Crippen molar-refractivity contribution < 1.29 is 4.79 Å². The van der Waals surface area contributed by atoms with Gasteiger partial charge in [0.25, 0.3) is 0 Å². The number of benzene rings is 1. The van der Waals surface area contributed by atoms with Gasteiger partial charge in [-0.3, -0.25) is 9.89 Å². The van der Waals surface area contributed by atoms with Gasteiger partial charge >= 0.3 is 0 Å². The zero-order chi connectivity index (χ0) is 16.1. The first-order valence-corrected chi connectivity index (χ1v) is 7.82. The minimum absolute atomic E-state index is 0.0619. The largest absolute Gasteiger partial charge is 0.354 e. The van der Waals surface area contributed by atoms with E-state index in [1.807, 2.05) is 11.5 Å². The average molecular weight is 318 g/mol. The highest BCUT2D eigenvalue weighted by atomic mass is 32.1. The molecular weight excluding hydrogens is 296 g/mol. The van der Waals surface area contributed by atoms with Gasteiger partial charge in [-0.15, -0.1) is 0 Å². The lowest BCUT2D eigenvalue weighted by molar-refractivity contribution is -0.121. The van der Waals surface area contributed by atoms with Crippen molar-refractivity contribution in [2.75, 3.05) is 6.54 Å². The molecule has 0 unspecified atom stereocenters.